The molecule has 0 saturated heterocycles. The number of hydrogen-bond donors (Lipinski definition) is 1. The van der Waals surface area contributed by atoms with E-state index >= 15 is 0 Å². The molecule has 1 N–H and O–H groups in total. The lowest BCUT2D eigenvalue weighted by Gasteiger charge is -2.09. The minimum atomic E-state index is -0.796. The molecule has 18 heavy (non-hydrogen) atoms. The second-order valence-electron chi connectivity index (χ2n) is 3.97. The molecule has 1 aromatic carbocycles. The van der Waals surface area contributed by atoms with Crippen LogP contribution in [0.5, 0.6) is 0 Å². The number of aliphatic hydroxyl groups is 1. The van der Waals surface area contributed by atoms with Gasteiger partial charge in [-0.05, 0) is 18.2 Å². The SMILES string of the molecule is OC(c1cccnc1)c1cnc2ccccc2n1. The van der Waals surface area contributed by atoms with Crippen LogP contribution >= 0.6 is 0 Å². The summed E-state index contributed by atoms with van der Waals surface area (Å²) < 4.78 is 0. The lowest BCUT2D eigenvalue weighted by molar-refractivity contribution is 0.215. The largest absolute Gasteiger partial charge is 0.382 e. The number of nitrogens with zero attached hydrogens (tertiary/aromatic N) is 3. The van der Waals surface area contributed by atoms with Crippen molar-refractivity contribution in [3.8, 4) is 0 Å². The van der Waals surface area contributed by atoms with Crippen LogP contribution in [0.15, 0.2) is 55.0 Å². The van der Waals surface area contributed by atoms with Crippen LogP contribution in [0.25, 0.3) is 11.0 Å². The van der Waals surface area contributed by atoms with Crippen molar-refractivity contribution in [2.45, 2.75) is 6.10 Å². The van der Waals surface area contributed by atoms with Gasteiger partial charge in [0, 0.05) is 18.0 Å². The van der Waals surface area contributed by atoms with Crippen molar-refractivity contribution >= 4 is 11.0 Å². The predicted molar refractivity (Wildman–Crippen MR) is 67.8 cm³/mol. The monoisotopic (exact) mass is 237 g/mol. The molecule has 0 amide bonds. The van der Waals surface area contributed by atoms with Crippen LogP contribution in [0.4, 0.5) is 0 Å². The number of fused-ring (bicyclic) bond motifs is 1. The van der Waals surface area contributed by atoms with Gasteiger partial charge in [0.15, 0.2) is 0 Å². The normalized spacial score (nSPS) is 12.5. The molecule has 2 heterocycles. The Bertz CT molecular complexity index is 670. The van der Waals surface area contributed by atoms with E-state index in [9.17, 15) is 5.11 Å². The first kappa shape index (κ1) is 10.8. The molecule has 0 spiro atoms. The lowest BCUT2D eigenvalue weighted by Crippen LogP contribution is -2.03. The highest BCUT2D eigenvalue weighted by atomic mass is 16.3. The summed E-state index contributed by atoms with van der Waals surface area (Å²) in [5.74, 6) is 0. The van der Waals surface area contributed by atoms with E-state index in [-0.39, 0.29) is 0 Å². The Morgan fingerprint density at radius 1 is 0.944 bits per heavy atom. The molecule has 4 heteroatoms. The number of para-hydroxylation sites is 2. The Morgan fingerprint density at radius 3 is 2.56 bits per heavy atom. The van der Waals surface area contributed by atoms with Crippen LogP contribution in [0.1, 0.15) is 17.4 Å². The summed E-state index contributed by atoms with van der Waals surface area (Å²) in [5, 5.41) is 10.2. The van der Waals surface area contributed by atoms with Crippen molar-refractivity contribution in [3.63, 3.8) is 0 Å². The van der Waals surface area contributed by atoms with E-state index in [0.29, 0.717) is 11.3 Å². The van der Waals surface area contributed by atoms with Crippen molar-refractivity contribution in [2.24, 2.45) is 0 Å². The summed E-state index contributed by atoms with van der Waals surface area (Å²) >= 11 is 0. The molecule has 0 aliphatic heterocycles. The maximum Gasteiger partial charge on any atom is 0.124 e. The molecule has 88 valence electrons. The quantitative estimate of drug-likeness (QED) is 0.741. The zero-order valence-corrected chi connectivity index (χ0v) is 9.56. The van der Waals surface area contributed by atoms with Gasteiger partial charge in [-0.2, -0.15) is 0 Å². The summed E-state index contributed by atoms with van der Waals surface area (Å²) in [5.41, 5.74) is 2.83. The van der Waals surface area contributed by atoms with Gasteiger partial charge < -0.3 is 5.11 Å². The van der Waals surface area contributed by atoms with Crippen LogP contribution in [0.3, 0.4) is 0 Å². The third-order valence-corrected chi connectivity index (χ3v) is 2.75. The third-order valence-electron chi connectivity index (χ3n) is 2.75. The molecule has 0 fully saturated rings. The van der Waals surface area contributed by atoms with E-state index < -0.39 is 6.10 Å². The van der Waals surface area contributed by atoms with E-state index in [4.69, 9.17) is 0 Å². The zero-order valence-electron chi connectivity index (χ0n) is 9.56. The molecule has 1 atom stereocenters. The van der Waals surface area contributed by atoms with Crippen LogP contribution < -0.4 is 0 Å². The van der Waals surface area contributed by atoms with E-state index in [1.807, 2.05) is 30.3 Å². The highest BCUT2D eigenvalue weighted by Crippen LogP contribution is 2.20. The molecule has 1 unspecified atom stereocenters. The van der Waals surface area contributed by atoms with Crippen LogP contribution in [-0.2, 0) is 0 Å². The zero-order chi connectivity index (χ0) is 12.4. The number of hydrogen-bond acceptors (Lipinski definition) is 4. The second-order valence-corrected chi connectivity index (χ2v) is 3.97. The smallest absolute Gasteiger partial charge is 0.124 e. The fourth-order valence-electron chi connectivity index (χ4n) is 1.81. The van der Waals surface area contributed by atoms with Gasteiger partial charge in [0.2, 0.25) is 0 Å². The third kappa shape index (κ3) is 1.94. The number of benzene rings is 1. The summed E-state index contributed by atoms with van der Waals surface area (Å²) in [7, 11) is 0. The number of rotatable bonds is 2. The summed E-state index contributed by atoms with van der Waals surface area (Å²) in [6.45, 7) is 0. The molecule has 3 rings (SSSR count). The fourth-order valence-corrected chi connectivity index (χ4v) is 1.81. The minimum Gasteiger partial charge on any atom is -0.382 e. The van der Waals surface area contributed by atoms with Gasteiger partial charge in [-0.25, -0.2) is 4.98 Å². The van der Waals surface area contributed by atoms with E-state index in [1.165, 1.54) is 0 Å². The second kappa shape index (κ2) is 4.50. The van der Waals surface area contributed by atoms with Crippen molar-refractivity contribution < 1.29 is 5.11 Å². The van der Waals surface area contributed by atoms with Gasteiger partial charge in [0.1, 0.15) is 6.10 Å². The standard InChI is InChI=1S/C14H11N3O/c18-14(10-4-3-7-15-8-10)13-9-16-11-5-1-2-6-12(11)17-13/h1-9,14,18H. The minimum absolute atomic E-state index is 0.529. The van der Waals surface area contributed by atoms with Crippen molar-refractivity contribution in [3.05, 3.63) is 66.2 Å². The Morgan fingerprint density at radius 2 is 1.78 bits per heavy atom. The maximum absolute atomic E-state index is 10.2. The number of aromatic nitrogens is 3. The van der Waals surface area contributed by atoms with Crippen LogP contribution in [0, 0.1) is 0 Å². The van der Waals surface area contributed by atoms with E-state index in [0.717, 1.165) is 11.0 Å². The van der Waals surface area contributed by atoms with Crippen molar-refractivity contribution in [1.29, 1.82) is 0 Å². The summed E-state index contributed by atoms with van der Waals surface area (Å²) in [4.78, 5) is 12.7. The average molecular weight is 237 g/mol. The molecule has 0 saturated carbocycles. The molecule has 0 radical (unpaired) electrons. The average Bonchev–Trinajstić information content (AvgIpc) is 2.47. The van der Waals surface area contributed by atoms with Gasteiger partial charge in [0.25, 0.3) is 0 Å². The van der Waals surface area contributed by atoms with E-state index in [2.05, 4.69) is 15.0 Å². The molecular formula is C14H11N3O. The Balaban J connectivity index is 2.04. The van der Waals surface area contributed by atoms with Crippen LogP contribution in [0.2, 0.25) is 0 Å². The predicted octanol–water partition coefficient (Wildman–Crippen LogP) is 2.11. The number of pyridine rings is 1. The first-order valence-corrected chi connectivity index (χ1v) is 5.64. The molecule has 0 aliphatic rings. The van der Waals surface area contributed by atoms with Gasteiger partial charge in [0.05, 0.1) is 22.9 Å². The van der Waals surface area contributed by atoms with Crippen molar-refractivity contribution in [2.75, 3.05) is 0 Å². The fraction of sp³-hybridized carbons (Fsp3) is 0.0714. The summed E-state index contributed by atoms with van der Waals surface area (Å²) in [6, 6.07) is 11.2. The maximum atomic E-state index is 10.2. The Kier molecular flexibility index (Phi) is 2.70. The Labute approximate surface area is 104 Å². The highest BCUT2D eigenvalue weighted by molar-refractivity contribution is 5.73. The topological polar surface area (TPSA) is 58.9 Å². The van der Waals surface area contributed by atoms with Crippen LogP contribution in [-0.4, -0.2) is 20.1 Å². The molecule has 4 nitrogen and oxygen atoms in total. The van der Waals surface area contributed by atoms with Gasteiger partial charge in [-0.3, -0.25) is 9.97 Å². The molecule has 3 aromatic rings. The molecular weight excluding hydrogens is 226 g/mol. The van der Waals surface area contributed by atoms with Gasteiger partial charge >= 0.3 is 0 Å². The highest BCUT2D eigenvalue weighted by Gasteiger charge is 2.12. The summed E-state index contributed by atoms with van der Waals surface area (Å²) in [6.07, 6.45) is 4.10. The van der Waals surface area contributed by atoms with Gasteiger partial charge in [-0.15, -0.1) is 0 Å². The molecule has 2 aromatic heterocycles. The van der Waals surface area contributed by atoms with E-state index in [1.54, 1.807) is 24.7 Å². The molecule has 0 aliphatic carbocycles. The first-order chi connectivity index (χ1) is 8.84. The number of aliphatic hydroxyl groups excluding tert-OH is 1. The first-order valence-electron chi connectivity index (χ1n) is 5.64. The molecule has 0 bridgehead atoms. The lowest BCUT2D eigenvalue weighted by atomic mass is 10.1. The van der Waals surface area contributed by atoms with Crippen molar-refractivity contribution in [1.82, 2.24) is 15.0 Å². The van der Waals surface area contributed by atoms with Gasteiger partial charge in [-0.1, -0.05) is 18.2 Å². The Hall–Kier alpha value is -2.33.